The SMILES string of the molecule is N#C/C(=C/c1cccc(OC(=O)c2ccc(F)c(F)c2F)c1)c1ccc(Cl)cc1. The maximum atomic E-state index is 13.8. The topological polar surface area (TPSA) is 50.1 Å². The molecule has 3 aromatic carbocycles. The molecule has 0 atom stereocenters. The number of nitrogens with zero attached hydrogens (tertiary/aromatic N) is 1. The van der Waals surface area contributed by atoms with Gasteiger partial charge in [-0.2, -0.15) is 5.26 Å². The summed E-state index contributed by atoms with van der Waals surface area (Å²) in [4.78, 5) is 12.1. The normalized spacial score (nSPS) is 11.1. The van der Waals surface area contributed by atoms with Crippen LogP contribution in [0.25, 0.3) is 11.6 Å². The molecular formula is C22H11ClF3NO2. The van der Waals surface area contributed by atoms with E-state index in [2.05, 4.69) is 6.07 Å². The Kier molecular flexibility index (Phi) is 6.01. The fourth-order valence-corrected chi connectivity index (χ4v) is 2.62. The average molecular weight is 414 g/mol. The Morgan fingerprint density at radius 2 is 1.72 bits per heavy atom. The number of benzene rings is 3. The summed E-state index contributed by atoms with van der Waals surface area (Å²) in [5, 5.41) is 9.94. The summed E-state index contributed by atoms with van der Waals surface area (Å²) in [6.07, 6.45) is 1.57. The van der Waals surface area contributed by atoms with E-state index in [-0.39, 0.29) is 5.75 Å². The minimum atomic E-state index is -1.75. The van der Waals surface area contributed by atoms with Gasteiger partial charge in [0.2, 0.25) is 0 Å². The summed E-state index contributed by atoms with van der Waals surface area (Å²) in [6, 6.07) is 16.3. The average Bonchev–Trinajstić information content (AvgIpc) is 2.71. The van der Waals surface area contributed by atoms with E-state index in [9.17, 15) is 23.2 Å². The number of hydrogen-bond donors (Lipinski definition) is 0. The molecule has 0 spiro atoms. The molecule has 29 heavy (non-hydrogen) atoms. The van der Waals surface area contributed by atoms with Gasteiger partial charge in [0.1, 0.15) is 5.75 Å². The number of hydrogen-bond acceptors (Lipinski definition) is 3. The molecule has 0 amide bonds. The first-order chi connectivity index (χ1) is 13.9. The van der Waals surface area contributed by atoms with Gasteiger partial charge in [0, 0.05) is 5.02 Å². The number of ether oxygens (including phenoxy) is 1. The van der Waals surface area contributed by atoms with Gasteiger partial charge in [-0.3, -0.25) is 0 Å². The summed E-state index contributed by atoms with van der Waals surface area (Å²) >= 11 is 5.85. The van der Waals surface area contributed by atoms with E-state index in [1.807, 2.05) is 0 Å². The lowest BCUT2D eigenvalue weighted by atomic mass is 10.0. The van der Waals surface area contributed by atoms with Crippen molar-refractivity contribution in [3.63, 3.8) is 0 Å². The second kappa shape index (κ2) is 8.63. The standard InChI is InChI=1S/C22H11ClF3NO2/c23-16-6-4-14(5-7-16)15(12-27)10-13-2-1-3-17(11-13)29-22(28)18-8-9-19(24)21(26)20(18)25/h1-11H/b15-10-. The fraction of sp³-hybridized carbons (Fsp3) is 0. The van der Waals surface area contributed by atoms with Gasteiger partial charge in [0.25, 0.3) is 0 Å². The third-order valence-electron chi connectivity index (χ3n) is 3.91. The van der Waals surface area contributed by atoms with Crippen LogP contribution in [-0.4, -0.2) is 5.97 Å². The molecule has 7 heteroatoms. The van der Waals surface area contributed by atoms with Crippen molar-refractivity contribution >= 4 is 29.2 Å². The van der Waals surface area contributed by atoms with Crippen molar-refractivity contribution in [2.45, 2.75) is 0 Å². The molecule has 0 aliphatic heterocycles. The number of nitriles is 1. The van der Waals surface area contributed by atoms with Gasteiger partial charge in [0.05, 0.1) is 17.2 Å². The molecule has 0 heterocycles. The number of rotatable bonds is 4. The highest BCUT2D eigenvalue weighted by atomic mass is 35.5. The van der Waals surface area contributed by atoms with E-state index in [0.717, 1.165) is 6.07 Å². The molecule has 0 aliphatic carbocycles. The molecule has 3 rings (SSSR count). The first kappa shape index (κ1) is 20.2. The molecule has 144 valence electrons. The lowest BCUT2D eigenvalue weighted by molar-refractivity contribution is 0.0728. The van der Waals surface area contributed by atoms with Crippen molar-refractivity contribution in [3.05, 3.63) is 99.8 Å². The van der Waals surface area contributed by atoms with Crippen molar-refractivity contribution in [2.24, 2.45) is 0 Å². The molecule has 3 aromatic rings. The monoisotopic (exact) mass is 413 g/mol. The van der Waals surface area contributed by atoms with Crippen LogP contribution in [0.2, 0.25) is 5.02 Å². The molecule has 0 aliphatic rings. The summed E-state index contributed by atoms with van der Waals surface area (Å²) in [7, 11) is 0. The predicted octanol–water partition coefficient (Wildman–Crippen LogP) is 6.04. The van der Waals surface area contributed by atoms with E-state index in [4.69, 9.17) is 16.3 Å². The van der Waals surface area contributed by atoms with E-state index in [1.165, 1.54) is 12.1 Å². The quantitative estimate of drug-likeness (QED) is 0.172. The highest BCUT2D eigenvalue weighted by molar-refractivity contribution is 6.30. The number of esters is 1. The van der Waals surface area contributed by atoms with Crippen LogP contribution < -0.4 is 4.74 Å². The summed E-state index contributed by atoms with van der Waals surface area (Å²) in [6.45, 7) is 0. The highest BCUT2D eigenvalue weighted by Crippen LogP contribution is 2.23. The number of carbonyl (C=O) groups is 1. The predicted molar refractivity (Wildman–Crippen MR) is 103 cm³/mol. The number of allylic oxidation sites excluding steroid dienone is 1. The molecule has 0 N–H and O–H groups in total. The zero-order valence-electron chi connectivity index (χ0n) is 14.6. The van der Waals surface area contributed by atoms with E-state index >= 15 is 0 Å². The van der Waals surface area contributed by atoms with E-state index in [0.29, 0.717) is 27.8 Å². The van der Waals surface area contributed by atoms with Gasteiger partial charge >= 0.3 is 5.97 Å². The molecule has 0 fully saturated rings. The Labute approximate surface area is 169 Å². The van der Waals surface area contributed by atoms with Crippen LogP contribution in [0.15, 0.2) is 60.7 Å². The lowest BCUT2D eigenvalue weighted by Gasteiger charge is -2.07. The van der Waals surface area contributed by atoms with Crippen molar-refractivity contribution < 1.29 is 22.7 Å². The summed E-state index contributed by atoms with van der Waals surface area (Å²) in [5.41, 5.74) is 0.788. The molecule has 0 aromatic heterocycles. The van der Waals surface area contributed by atoms with Crippen LogP contribution in [0.4, 0.5) is 13.2 Å². The van der Waals surface area contributed by atoms with Gasteiger partial charge in [-0.1, -0.05) is 35.9 Å². The summed E-state index contributed by atoms with van der Waals surface area (Å²) in [5.74, 6) is -5.92. The maximum absolute atomic E-state index is 13.8. The van der Waals surface area contributed by atoms with E-state index < -0.39 is 29.0 Å². The minimum Gasteiger partial charge on any atom is -0.423 e. The van der Waals surface area contributed by atoms with Gasteiger partial charge in [-0.25, -0.2) is 18.0 Å². The highest BCUT2D eigenvalue weighted by Gasteiger charge is 2.20. The Morgan fingerprint density at radius 3 is 2.41 bits per heavy atom. The molecule has 0 unspecified atom stereocenters. The first-order valence-electron chi connectivity index (χ1n) is 8.22. The third-order valence-corrected chi connectivity index (χ3v) is 4.16. The number of carbonyl (C=O) groups excluding carboxylic acids is 1. The third kappa shape index (κ3) is 4.65. The number of halogens is 4. The van der Waals surface area contributed by atoms with Crippen LogP contribution in [-0.2, 0) is 0 Å². The largest absolute Gasteiger partial charge is 0.423 e. The zero-order valence-corrected chi connectivity index (χ0v) is 15.4. The fourth-order valence-electron chi connectivity index (χ4n) is 2.49. The molecule has 0 radical (unpaired) electrons. The van der Waals surface area contributed by atoms with Crippen molar-refractivity contribution in [2.75, 3.05) is 0 Å². The first-order valence-corrected chi connectivity index (χ1v) is 8.60. The van der Waals surface area contributed by atoms with Crippen LogP contribution in [0.5, 0.6) is 5.75 Å². The van der Waals surface area contributed by atoms with Crippen LogP contribution in [0, 0.1) is 28.8 Å². The van der Waals surface area contributed by atoms with Gasteiger partial charge in [0.15, 0.2) is 17.5 Å². The second-order valence-corrected chi connectivity index (χ2v) is 6.30. The Morgan fingerprint density at radius 1 is 1.00 bits per heavy atom. The van der Waals surface area contributed by atoms with E-state index in [1.54, 1.807) is 42.5 Å². The van der Waals surface area contributed by atoms with Gasteiger partial charge in [-0.05, 0) is 53.6 Å². The smallest absolute Gasteiger partial charge is 0.346 e. The van der Waals surface area contributed by atoms with Crippen LogP contribution >= 0.6 is 11.6 Å². The molecule has 3 nitrogen and oxygen atoms in total. The zero-order chi connectivity index (χ0) is 21.0. The Hall–Kier alpha value is -3.56. The van der Waals surface area contributed by atoms with Crippen LogP contribution in [0.1, 0.15) is 21.5 Å². The lowest BCUT2D eigenvalue weighted by Crippen LogP contribution is -2.12. The van der Waals surface area contributed by atoms with Crippen molar-refractivity contribution in [3.8, 4) is 11.8 Å². The Balaban J connectivity index is 1.86. The maximum Gasteiger partial charge on any atom is 0.346 e. The molecule has 0 saturated heterocycles. The minimum absolute atomic E-state index is 0.0429. The molecular weight excluding hydrogens is 403 g/mol. The summed E-state index contributed by atoms with van der Waals surface area (Å²) < 4.78 is 45.1. The molecule has 0 saturated carbocycles. The van der Waals surface area contributed by atoms with Crippen molar-refractivity contribution in [1.29, 1.82) is 5.26 Å². The van der Waals surface area contributed by atoms with Gasteiger partial charge in [-0.15, -0.1) is 0 Å². The second-order valence-electron chi connectivity index (χ2n) is 5.86. The van der Waals surface area contributed by atoms with Gasteiger partial charge < -0.3 is 4.74 Å². The Bertz CT molecular complexity index is 1150. The van der Waals surface area contributed by atoms with Crippen LogP contribution in [0.3, 0.4) is 0 Å². The van der Waals surface area contributed by atoms with Crippen molar-refractivity contribution in [1.82, 2.24) is 0 Å². The molecule has 0 bridgehead atoms.